The summed E-state index contributed by atoms with van der Waals surface area (Å²) in [6.07, 6.45) is 1.27. The largest absolute Gasteiger partial charge is 0.0816 e. The number of hydrogen-bond acceptors (Lipinski definition) is 0. The van der Waals surface area contributed by atoms with Crippen LogP contribution in [0.3, 0.4) is 0 Å². The fourth-order valence-electron chi connectivity index (χ4n) is 0.396. The molecule has 0 aliphatic carbocycles. The van der Waals surface area contributed by atoms with Crippen molar-refractivity contribution in [2.45, 2.75) is 13.3 Å². The van der Waals surface area contributed by atoms with E-state index in [2.05, 4.69) is 12.7 Å². The molecule has 1 aromatic heterocycles. The first-order valence-electron chi connectivity index (χ1n) is 2.28. The molecule has 1 atom stereocenters. The standard InChI is InChI=1S/C4H7P3/c1-2-4-3-5-7-6-4/h3,7H,2H2,1H3. The Hall–Kier alpha value is 0.640. The van der Waals surface area contributed by atoms with E-state index >= 15 is 0 Å². The number of hydrogen-bond donors (Lipinski definition) is 0. The summed E-state index contributed by atoms with van der Waals surface area (Å²) >= 11 is 0. The maximum atomic E-state index is 2.35. The van der Waals surface area contributed by atoms with E-state index in [0.717, 1.165) is 7.55 Å². The van der Waals surface area contributed by atoms with E-state index < -0.39 is 0 Å². The highest BCUT2D eigenvalue weighted by Gasteiger charge is 1.83. The quantitative estimate of drug-likeness (QED) is 0.572. The molecule has 1 heterocycles. The van der Waals surface area contributed by atoms with Crippen molar-refractivity contribution in [1.82, 2.24) is 0 Å². The van der Waals surface area contributed by atoms with Crippen molar-refractivity contribution >= 4 is 23.3 Å². The van der Waals surface area contributed by atoms with Gasteiger partial charge in [0.2, 0.25) is 0 Å². The van der Waals surface area contributed by atoms with Crippen molar-refractivity contribution in [2.75, 3.05) is 0 Å². The Balaban J connectivity index is 2.76. The third-order valence-electron chi connectivity index (χ3n) is 0.827. The van der Waals surface area contributed by atoms with Gasteiger partial charge in [-0.15, -0.1) is 0 Å². The molecule has 7 heavy (non-hydrogen) atoms. The molecule has 1 aromatic rings. The van der Waals surface area contributed by atoms with Gasteiger partial charge in [0.1, 0.15) is 0 Å². The van der Waals surface area contributed by atoms with Crippen molar-refractivity contribution in [3.8, 4) is 0 Å². The van der Waals surface area contributed by atoms with Crippen LogP contribution in [0.25, 0.3) is 0 Å². The van der Waals surface area contributed by atoms with Gasteiger partial charge >= 0.3 is 0 Å². The molecule has 0 amide bonds. The summed E-state index contributed by atoms with van der Waals surface area (Å²) in [6.45, 7) is 2.23. The molecular formula is C4H7P3. The second-order valence-electron chi connectivity index (χ2n) is 1.31. The molecule has 1 rings (SSSR count). The van der Waals surface area contributed by atoms with E-state index in [9.17, 15) is 0 Å². The highest BCUT2D eigenvalue weighted by Crippen LogP contribution is 2.36. The number of aryl methyl sites for hydroxylation is 1. The maximum absolute atomic E-state index is 2.35. The van der Waals surface area contributed by atoms with Gasteiger partial charge in [-0.1, -0.05) is 22.3 Å². The molecule has 0 aromatic carbocycles. The van der Waals surface area contributed by atoms with Gasteiger partial charge in [0.25, 0.3) is 0 Å². The SMILES string of the molecule is CCc1cp[pH]p1. The highest BCUT2D eigenvalue weighted by molar-refractivity contribution is 8.17. The summed E-state index contributed by atoms with van der Waals surface area (Å²) in [5.74, 6) is 2.35. The van der Waals surface area contributed by atoms with Gasteiger partial charge in [-0.3, -0.25) is 0 Å². The third-order valence-corrected chi connectivity index (χ3v) is 6.25. The first kappa shape index (κ1) is 5.77. The predicted octanol–water partition coefficient (Wildman–Crippen LogP) is 3.44. The van der Waals surface area contributed by atoms with Crippen LogP contribution in [0.4, 0.5) is 0 Å². The fraction of sp³-hybridized carbons (Fsp3) is 0.500. The van der Waals surface area contributed by atoms with E-state index in [1.54, 1.807) is 21.0 Å². The summed E-state index contributed by atoms with van der Waals surface area (Å²) < 4.78 is 0. The Labute approximate surface area is 48.4 Å². The molecule has 38 valence electrons. The topological polar surface area (TPSA) is 0 Å². The Kier molecular flexibility index (Phi) is 2.33. The average molecular weight is 148 g/mol. The van der Waals surface area contributed by atoms with Crippen LogP contribution in [0.15, 0.2) is 5.80 Å². The van der Waals surface area contributed by atoms with Crippen LogP contribution in [0, 0.1) is 0 Å². The van der Waals surface area contributed by atoms with Crippen LogP contribution in [0.2, 0.25) is 0 Å². The molecule has 3 heteroatoms. The first-order chi connectivity index (χ1) is 3.43. The van der Waals surface area contributed by atoms with Gasteiger partial charge in [-0.05, 0) is 25.4 Å². The predicted molar refractivity (Wildman–Crippen MR) is 40.3 cm³/mol. The third kappa shape index (κ3) is 1.54. The smallest absolute Gasteiger partial charge is 0.0120 e. The molecule has 1 unspecified atom stereocenters. The van der Waals surface area contributed by atoms with Gasteiger partial charge in [-0.2, -0.15) is 0 Å². The molecule has 0 nitrogen and oxygen atoms in total. The molecule has 0 saturated carbocycles. The van der Waals surface area contributed by atoms with Crippen molar-refractivity contribution in [3.63, 3.8) is 0 Å². The lowest BCUT2D eigenvalue weighted by Crippen LogP contribution is -1.61. The van der Waals surface area contributed by atoms with E-state index in [1.807, 2.05) is 0 Å². The summed E-state index contributed by atoms with van der Waals surface area (Å²) in [6, 6.07) is 0. The first-order valence-corrected chi connectivity index (χ1v) is 6.82. The van der Waals surface area contributed by atoms with E-state index in [0.29, 0.717) is 0 Å². The molecule has 0 aliphatic heterocycles. The Morgan fingerprint density at radius 2 is 2.71 bits per heavy atom. The van der Waals surface area contributed by atoms with Crippen molar-refractivity contribution in [3.05, 3.63) is 11.1 Å². The molecule has 0 aliphatic rings. The van der Waals surface area contributed by atoms with Crippen molar-refractivity contribution < 1.29 is 0 Å². The maximum Gasteiger partial charge on any atom is -0.0120 e. The minimum absolute atomic E-state index is 1.15. The van der Waals surface area contributed by atoms with Gasteiger partial charge in [0.05, 0.1) is 0 Å². The Morgan fingerprint density at radius 1 is 1.86 bits per heavy atom. The molecule has 0 radical (unpaired) electrons. The lowest BCUT2D eigenvalue weighted by molar-refractivity contribution is 1.19. The summed E-state index contributed by atoms with van der Waals surface area (Å²) in [4.78, 5) is 0. The second-order valence-corrected chi connectivity index (χ2v) is 6.67. The Bertz CT molecular complexity index is 121. The normalized spacial score (nSPS) is 12.7. The molecule has 0 spiro atoms. The zero-order valence-electron chi connectivity index (χ0n) is 4.18. The van der Waals surface area contributed by atoms with Crippen LogP contribution in [-0.2, 0) is 6.42 Å². The van der Waals surface area contributed by atoms with Crippen molar-refractivity contribution in [2.24, 2.45) is 0 Å². The van der Waals surface area contributed by atoms with E-state index in [-0.39, 0.29) is 0 Å². The van der Waals surface area contributed by atoms with Gasteiger partial charge in [0.15, 0.2) is 0 Å². The van der Waals surface area contributed by atoms with Crippen LogP contribution in [-0.4, -0.2) is 0 Å². The minimum atomic E-state index is 1.15. The second kappa shape index (κ2) is 2.83. The lowest BCUT2D eigenvalue weighted by atomic mass is 10.5. The summed E-state index contributed by atoms with van der Waals surface area (Å²) in [5.41, 5.74) is 0. The Morgan fingerprint density at radius 3 is 3.00 bits per heavy atom. The summed E-state index contributed by atoms with van der Waals surface area (Å²) in [5, 5.41) is 1.64. The van der Waals surface area contributed by atoms with Crippen LogP contribution in [0.1, 0.15) is 12.2 Å². The van der Waals surface area contributed by atoms with Gasteiger partial charge < -0.3 is 0 Å². The van der Waals surface area contributed by atoms with Crippen molar-refractivity contribution in [1.29, 1.82) is 0 Å². The average Bonchev–Trinajstić information content (AvgIpc) is 2.14. The van der Waals surface area contributed by atoms with Crippen LogP contribution >= 0.6 is 23.3 Å². The lowest BCUT2D eigenvalue weighted by Gasteiger charge is -1.77. The van der Waals surface area contributed by atoms with E-state index in [4.69, 9.17) is 0 Å². The molecule has 0 saturated heterocycles. The van der Waals surface area contributed by atoms with Gasteiger partial charge in [0, 0.05) is 0 Å². The van der Waals surface area contributed by atoms with Crippen LogP contribution < -0.4 is 0 Å². The zero-order valence-corrected chi connectivity index (χ0v) is 6.97. The molecule has 0 bridgehead atoms. The monoisotopic (exact) mass is 148 g/mol. The highest BCUT2D eigenvalue weighted by atomic mass is 32.1. The van der Waals surface area contributed by atoms with E-state index in [1.165, 1.54) is 6.42 Å². The number of rotatable bonds is 1. The molecule has 0 N–H and O–H groups in total. The zero-order chi connectivity index (χ0) is 5.11. The fourth-order valence-corrected chi connectivity index (χ4v) is 6.25. The molecular weight excluding hydrogens is 141 g/mol. The molecule has 0 fully saturated rings. The van der Waals surface area contributed by atoms with Crippen LogP contribution in [0.5, 0.6) is 0 Å². The van der Waals surface area contributed by atoms with Gasteiger partial charge in [-0.25, -0.2) is 0 Å². The minimum Gasteiger partial charge on any atom is -0.0816 e. The summed E-state index contributed by atoms with van der Waals surface area (Å²) in [7, 11) is 4.30.